The number of hydrogen-bond donors (Lipinski definition) is 0. The summed E-state index contributed by atoms with van der Waals surface area (Å²) in [5.74, 6) is 0.912. The van der Waals surface area contributed by atoms with Gasteiger partial charge in [-0.1, -0.05) is 56.4 Å². The topological polar surface area (TPSA) is 26.3 Å². The summed E-state index contributed by atoms with van der Waals surface area (Å²) in [6, 6.07) is 8.33. The van der Waals surface area contributed by atoms with Gasteiger partial charge in [0.25, 0.3) is 0 Å². The summed E-state index contributed by atoms with van der Waals surface area (Å²) in [7, 11) is 1.70. The van der Waals surface area contributed by atoms with Crippen LogP contribution in [0, 0.1) is 0 Å². The second kappa shape index (κ2) is 6.31. The Labute approximate surface area is 127 Å². The molecule has 0 saturated heterocycles. The van der Waals surface area contributed by atoms with Gasteiger partial charge >= 0.3 is 0 Å². The van der Waals surface area contributed by atoms with Gasteiger partial charge in [0.05, 0.1) is 0 Å². The van der Waals surface area contributed by atoms with Crippen LogP contribution in [0.15, 0.2) is 24.3 Å². The molecular weight excluding hydrogens is 260 g/mol. The molecule has 0 bridgehead atoms. The molecule has 2 nitrogen and oxygen atoms in total. The van der Waals surface area contributed by atoms with Crippen molar-refractivity contribution >= 4 is 5.78 Å². The van der Waals surface area contributed by atoms with Crippen LogP contribution in [0.1, 0.15) is 79.6 Å². The summed E-state index contributed by atoms with van der Waals surface area (Å²) < 4.78 is 5.74. The molecular formula is C19H26O2. The van der Waals surface area contributed by atoms with Gasteiger partial charge in [-0.25, -0.2) is 0 Å². The normalized spacial score (nSPS) is 22.3. The molecule has 0 atom stereocenters. The van der Waals surface area contributed by atoms with Crippen molar-refractivity contribution in [1.29, 1.82) is 0 Å². The molecule has 0 unspecified atom stereocenters. The van der Waals surface area contributed by atoms with Crippen LogP contribution in [0.4, 0.5) is 0 Å². The molecule has 2 aliphatic rings. The van der Waals surface area contributed by atoms with E-state index in [4.69, 9.17) is 4.74 Å². The third-order valence-electron chi connectivity index (χ3n) is 5.47. The Hall–Kier alpha value is -1.15. The van der Waals surface area contributed by atoms with Crippen LogP contribution in [-0.4, -0.2) is 18.5 Å². The molecule has 2 aliphatic carbocycles. The van der Waals surface area contributed by atoms with Gasteiger partial charge in [-0.05, 0) is 37.2 Å². The largest absolute Gasteiger partial charge is 0.370 e. The van der Waals surface area contributed by atoms with Crippen LogP contribution < -0.4 is 0 Å². The first-order chi connectivity index (χ1) is 10.2. The first-order valence-corrected chi connectivity index (χ1v) is 8.45. The van der Waals surface area contributed by atoms with Gasteiger partial charge in [-0.15, -0.1) is 0 Å². The van der Waals surface area contributed by atoms with Crippen molar-refractivity contribution in [3.63, 3.8) is 0 Å². The lowest BCUT2D eigenvalue weighted by Crippen LogP contribution is -2.40. The zero-order chi connectivity index (χ0) is 14.7. The second-order valence-corrected chi connectivity index (χ2v) is 6.69. The van der Waals surface area contributed by atoms with E-state index in [-0.39, 0.29) is 5.78 Å². The first kappa shape index (κ1) is 14.8. The van der Waals surface area contributed by atoms with Crippen LogP contribution in [0.3, 0.4) is 0 Å². The van der Waals surface area contributed by atoms with E-state index in [9.17, 15) is 4.79 Å². The zero-order valence-corrected chi connectivity index (χ0v) is 13.1. The number of hydrogen-bond acceptors (Lipinski definition) is 2. The number of methoxy groups -OCH3 is 1. The highest BCUT2D eigenvalue weighted by atomic mass is 16.5. The lowest BCUT2D eigenvalue weighted by atomic mass is 9.79. The minimum absolute atomic E-state index is 0.187. The monoisotopic (exact) mass is 286 g/mol. The summed E-state index contributed by atoms with van der Waals surface area (Å²) in [6.07, 6.45) is 10.3. The minimum atomic E-state index is -0.575. The summed E-state index contributed by atoms with van der Waals surface area (Å²) in [5, 5.41) is 0. The maximum Gasteiger partial charge on any atom is 0.194 e. The number of Topliss-reactive ketones (excluding diaryl/α,β-unsaturated/α-hetero) is 1. The number of ketones is 1. The molecule has 2 fully saturated rings. The molecule has 1 aromatic carbocycles. The second-order valence-electron chi connectivity index (χ2n) is 6.69. The van der Waals surface area contributed by atoms with Gasteiger partial charge in [0, 0.05) is 12.7 Å². The fraction of sp³-hybridized carbons (Fsp3) is 0.632. The molecule has 2 saturated carbocycles. The zero-order valence-electron chi connectivity index (χ0n) is 13.1. The third kappa shape index (κ3) is 2.91. The van der Waals surface area contributed by atoms with Crippen LogP contribution in [0.2, 0.25) is 0 Å². The van der Waals surface area contributed by atoms with Gasteiger partial charge in [0.15, 0.2) is 5.78 Å². The van der Waals surface area contributed by atoms with Crippen molar-refractivity contribution in [2.24, 2.45) is 0 Å². The molecule has 2 heteroatoms. The number of benzene rings is 1. The van der Waals surface area contributed by atoms with Crippen LogP contribution in [0.5, 0.6) is 0 Å². The Kier molecular flexibility index (Phi) is 4.44. The molecule has 1 aromatic rings. The Morgan fingerprint density at radius 2 is 1.62 bits per heavy atom. The van der Waals surface area contributed by atoms with Gasteiger partial charge in [0.2, 0.25) is 0 Å². The van der Waals surface area contributed by atoms with Gasteiger partial charge in [-0.3, -0.25) is 4.79 Å². The molecule has 0 spiro atoms. The predicted octanol–water partition coefficient (Wildman–Crippen LogP) is 4.88. The molecule has 0 N–H and O–H groups in total. The summed E-state index contributed by atoms with van der Waals surface area (Å²) in [4.78, 5) is 12.9. The van der Waals surface area contributed by atoms with Gasteiger partial charge in [0.1, 0.15) is 5.60 Å². The quantitative estimate of drug-likeness (QED) is 0.582. The first-order valence-electron chi connectivity index (χ1n) is 8.45. The van der Waals surface area contributed by atoms with E-state index < -0.39 is 5.60 Å². The van der Waals surface area contributed by atoms with Crippen LogP contribution >= 0.6 is 0 Å². The molecule has 0 amide bonds. The fourth-order valence-electron chi connectivity index (χ4n) is 3.73. The lowest BCUT2D eigenvalue weighted by molar-refractivity contribution is -0.00692. The van der Waals surface area contributed by atoms with E-state index >= 15 is 0 Å². The molecule has 0 heterocycles. The van der Waals surface area contributed by atoms with Gasteiger partial charge < -0.3 is 4.74 Å². The average Bonchev–Trinajstić information content (AvgIpc) is 2.72. The minimum Gasteiger partial charge on any atom is -0.370 e. The highest BCUT2D eigenvalue weighted by Gasteiger charge is 2.39. The van der Waals surface area contributed by atoms with Crippen molar-refractivity contribution < 1.29 is 9.53 Å². The average molecular weight is 286 g/mol. The van der Waals surface area contributed by atoms with Crippen molar-refractivity contribution in [1.82, 2.24) is 0 Å². The summed E-state index contributed by atoms with van der Waals surface area (Å²) >= 11 is 0. The number of carbonyl (C=O) groups is 1. The number of rotatable bonds is 4. The van der Waals surface area contributed by atoms with E-state index in [1.165, 1.54) is 37.7 Å². The van der Waals surface area contributed by atoms with Crippen LogP contribution in [-0.2, 0) is 4.74 Å². The van der Waals surface area contributed by atoms with Crippen molar-refractivity contribution in [2.75, 3.05) is 7.11 Å². The molecule has 0 aliphatic heterocycles. The van der Waals surface area contributed by atoms with Crippen LogP contribution in [0.25, 0.3) is 0 Å². The Morgan fingerprint density at radius 1 is 1.00 bits per heavy atom. The molecule has 0 radical (unpaired) electrons. The van der Waals surface area contributed by atoms with E-state index in [1.807, 2.05) is 12.1 Å². The Balaban J connectivity index is 1.78. The van der Waals surface area contributed by atoms with Crippen molar-refractivity contribution in [3.05, 3.63) is 35.4 Å². The summed E-state index contributed by atoms with van der Waals surface area (Å²) in [6.45, 7) is 0. The lowest BCUT2D eigenvalue weighted by Gasteiger charge is -2.30. The predicted molar refractivity (Wildman–Crippen MR) is 84.8 cm³/mol. The van der Waals surface area contributed by atoms with Crippen molar-refractivity contribution in [2.45, 2.75) is 69.3 Å². The van der Waals surface area contributed by atoms with E-state index in [0.717, 1.165) is 37.2 Å². The van der Waals surface area contributed by atoms with Gasteiger partial charge in [-0.2, -0.15) is 0 Å². The Morgan fingerprint density at radius 3 is 2.10 bits per heavy atom. The fourth-order valence-corrected chi connectivity index (χ4v) is 3.73. The van der Waals surface area contributed by atoms with E-state index in [0.29, 0.717) is 0 Å². The molecule has 114 valence electrons. The summed E-state index contributed by atoms with van der Waals surface area (Å²) in [5.41, 5.74) is 1.64. The highest BCUT2D eigenvalue weighted by molar-refractivity contribution is 6.02. The third-order valence-corrected chi connectivity index (χ3v) is 5.47. The highest BCUT2D eigenvalue weighted by Crippen LogP contribution is 2.37. The molecule has 0 aromatic heterocycles. The smallest absolute Gasteiger partial charge is 0.194 e. The number of ether oxygens (including phenoxy) is 1. The molecule has 3 rings (SSSR count). The maximum atomic E-state index is 12.9. The Bertz CT molecular complexity index is 477. The van der Waals surface area contributed by atoms with E-state index in [2.05, 4.69) is 12.1 Å². The van der Waals surface area contributed by atoms with Crippen molar-refractivity contribution in [3.8, 4) is 0 Å². The SMILES string of the molecule is COC1(C(=O)c2ccc(C3CCC3)cc2)CCCCCC1. The maximum absolute atomic E-state index is 12.9. The standard InChI is InChI=1S/C19H26O2/c1-21-19(13-4-2-3-5-14-19)18(20)17-11-9-16(10-12-17)15-7-6-8-15/h9-12,15H,2-8,13-14H2,1H3. The van der Waals surface area contributed by atoms with E-state index in [1.54, 1.807) is 7.11 Å². The number of carbonyl (C=O) groups excluding carboxylic acids is 1. The molecule has 21 heavy (non-hydrogen) atoms.